The fourth-order valence-corrected chi connectivity index (χ4v) is 8.04. The Bertz CT molecular complexity index is 890. The predicted octanol–water partition coefficient (Wildman–Crippen LogP) is 15.7. The van der Waals surface area contributed by atoms with Crippen molar-refractivity contribution in [1.82, 2.24) is 4.90 Å². The lowest BCUT2D eigenvalue weighted by Gasteiger charge is -2.22. The van der Waals surface area contributed by atoms with E-state index in [2.05, 4.69) is 32.6 Å². The van der Waals surface area contributed by atoms with Crippen LogP contribution in [0.2, 0.25) is 0 Å². The van der Waals surface area contributed by atoms with Crippen LogP contribution in [0.5, 0.6) is 0 Å². The number of hydrogen-bond acceptors (Lipinski definition) is 6. The molecule has 0 fully saturated rings. The van der Waals surface area contributed by atoms with E-state index in [-0.39, 0.29) is 18.5 Å². The molecule has 0 aliphatic carbocycles. The highest BCUT2D eigenvalue weighted by atomic mass is 16.5. The molecule has 59 heavy (non-hydrogen) atoms. The Morgan fingerprint density at radius 3 is 1.00 bits per heavy atom. The Morgan fingerprint density at radius 2 is 0.644 bits per heavy atom. The molecule has 0 spiro atoms. The van der Waals surface area contributed by atoms with Gasteiger partial charge in [0, 0.05) is 25.3 Å². The van der Waals surface area contributed by atoms with Gasteiger partial charge in [0.1, 0.15) is 0 Å². The first-order chi connectivity index (χ1) is 29.0. The van der Waals surface area contributed by atoms with E-state index >= 15 is 0 Å². The molecule has 0 radical (unpaired) electrons. The van der Waals surface area contributed by atoms with Gasteiger partial charge in [-0.3, -0.25) is 0 Å². The summed E-state index contributed by atoms with van der Waals surface area (Å²) < 4.78 is 11.3. The molecule has 0 aliphatic rings. The maximum Gasteiger partial charge on any atom is 0.330 e. The first-order valence-electron chi connectivity index (χ1n) is 26.1. The molecule has 1 N–H and O–H groups in total. The summed E-state index contributed by atoms with van der Waals surface area (Å²) in [7, 11) is 0. The molecular weight excluding hydrogens is 731 g/mol. The lowest BCUT2D eigenvalue weighted by atomic mass is 10.00. The molecule has 0 bridgehead atoms. The molecular formula is C53H101NO5. The minimum Gasteiger partial charge on any atom is -0.463 e. The normalized spacial score (nSPS) is 12.2. The number of ether oxygens (including phenoxy) is 2. The second-order valence-electron chi connectivity index (χ2n) is 17.8. The van der Waals surface area contributed by atoms with Crippen molar-refractivity contribution >= 4 is 11.9 Å². The Balaban J connectivity index is 4.21. The van der Waals surface area contributed by atoms with Crippen LogP contribution in [0.4, 0.5) is 0 Å². The first-order valence-corrected chi connectivity index (χ1v) is 26.1. The molecule has 0 aromatic carbocycles. The van der Waals surface area contributed by atoms with Crippen LogP contribution in [-0.2, 0) is 19.1 Å². The molecule has 0 saturated heterocycles. The van der Waals surface area contributed by atoms with Crippen molar-refractivity contribution in [3.63, 3.8) is 0 Å². The highest BCUT2D eigenvalue weighted by Gasteiger charge is 2.08. The van der Waals surface area contributed by atoms with E-state index in [1.54, 1.807) is 0 Å². The monoisotopic (exact) mass is 832 g/mol. The van der Waals surface area contributed by atoms with E-state index in [1.807, 2.05) is 12.2 Å². The number of aliphatic hydroxyl groups is 1. The van der Waals surface area contributed by atoms with Gasteiger partial charge < -0.3 is 19.5 Å². The van der Waals surface area contributed by atoms with Gasteiger partial charge in [-0.1, -0.05) is 193 Å². The third-order valence-corrected chi connectivity index (χ3v) is 11.9. The molecule has 348 valence electrons. The van der Waals surface area contributed by atoms with Crippen LogP contribution in [0.25, 0.3) is 0 Å². The molecule has 0 atom stereocenters. The first kappa shape index (κ1) is 57.3. The van der Waals surface area contributed by atoms with Crippen LogP contribution >= 0.6 is 0 Å². The third-order valence-electron chi connectivity index (χ3n) is 11.9. The van der Waals surface area contributed by atoms with Gasteiger partial charge in [0.25, 0.3) is 0 Å². The lowest BCUT2D eigenvalue weighted by Crippen LogP contribution is -2.27. The van der Waals surface area contributed by atoms with Crippen LogP contribution in [0.15, 0.2) is 23.3 Å². The van der Waals surface area contributed by atoms with Crippen molar-refractivity contribution < 1.29 is 24.2 Å². The van der Waals surface area contributed by atoms with Crippen LogP contribution in [0.1, 0.15) is 265 Å². The molecule has 0 aromatic heterocycles. The summed E-state index contributed by atoms with van der Waals surface area (Å²) >= 11 is 0. The molecule has 0 aromatic rings. The summed E-state index contributed by atoms with van der Waals surface area (Å²) in [6.45, 7) is 13.4. The maximum atomic E-state index is 12.6. The number of carbonyl (C=O) groups excluding carboxylic acids is 2. The largest absolute Gasteiger partial charge is 0.463 e. The number of rotatable bonds is 47. The van der Waals surface area contributed by atoms with Crippen molar-refractivity contribution in [2.24, 2.45) is 0 Å². The fraction of sp³-hybridized carbons (Fsp3) is 0.887. The number of nitrogens with zero attached hydrogens (tertiary/aromatic N) is 1. The van der Waals surface area contributed by atoms with Crippen molar-refractivity contribution in [2.45, 2.75) is 265 Å². The molecule has 0 heterocycles. The third kappa shape index (κ3) is 42.8. The van der Waals surface area contributed by atoms with E-state index in [4.69, 9.17) is 9.47 Å². The highest BCUT2D eigenvalue weighted by Crippen LogP contribution is 2.20. The Labute approximate surface area is 367 Å². The van der Waals surface area contributed by atoms with Crippen molar-refractivity contribution in [1.29, 1.82) is 0 Å². The van der Waals surface area contributed by atoms with Gasteiger partial charge in [0.15, 0.2) is 0 Å². The quantitative estimate of drug-likeness (QED) is 0.0374. The second-order valence-corrected chi connectivity index (χ2v) is 17.8. The van der Waals surface area contributed by atoms with Crippen LogP contribution in [0, 0.1) is 0 Å². The molecule has 6 heteroatoms. The number of aliphatic hydroxyl groups excluding tert-OH is 1. The molecule has 0 rings (SSSR count). The van der Waals surface area contributed by atoms with E-state index in [0.717, 1.165) is 77.4 Å². The molecule has 0 amide bonds. The molecule has 0 saturated carbocycles. The number of esters is 2. The minimum atomic E-state index is -0.141. The topological polar surface area (TPSA) is 76.1 Å². The van der Waals surface area contributed by atoms with Gasteiger partial charge in [-0.25, -0.2) is 9.59 Å². The van der Waals surface area contributed by atoms with E-state index in [9.17, 15) is 14.7 Å². The predicted molar refractivity (Wildman–Crippen MR) is 255 cm³/mol. The summed E-state index contributed by atoms with van der Waals surface area (Å²) in [4.78, 5) is 27.7. The zero-order valence-corrected chi connectivity index (χ0v) is 40.1. The van der Waals surface area contributed by atoms with Gasteiger partial charge in [-0.2, -0.15) is 0 Å². The van der Waals surface area contributed by atoms with Gasteiger partial charge >= 0.3 is 11.9 Å². The lowest BCUT2D eigenvalue weighted by molar-refractivity contribution is -0.138. The summed E-state index contributed by atoms with van der Waals surface area (Å²) in [6.07, 6.45) is 48.0. The van der Waals surface area contributed by atoms with Crippen LogP contribution in [0.3, 0.4) is 0 Å². The van der Waals surface area contributed by atoms with E-state index in [1.165, 1.54) is 191 Å². The zero-order chi connectivity index (χ0) is 43.1. The van der Waals surface area contributed by atoms with Gasteiger partial charge in [0.2, 0.25) is 0 Å². The zero-order valence-electron chi connectivity index (χ0n) is 40.1. The van der Waals surface area contributed by atoms with Crippen molar-refractivity contribution in [2.75, 3.05) is 39.5 Å². The Hall–Kier alpha value is -1.66. The fourth-order valence-electron chi connectivity index (χ4n) is 8.04. The highest BCUT2D eigenvalue weighted by molar-refractivity contribution is 5.83. The van der Waals surface area contributed by atoms with Crippen molar-refractivity contribution in [3.05, 3.63) is 23.3 Å². The average Bonchev–Trinajstić information content (AvgIpc) is 3.23. The average molecular weight is 832 g/mol. The summed E-state index contributed by atoms with van der Waals surface area (Å²) in [6, 6.07) is 0. The summed E-state index contributed by atoms with van der Waals surface area (Å²) in [5.74, 6) is -0.282. The van der Waals surface area contributed by atoms with Crippen molar-refractivity contribution in [3.8, 4) is 0 Å². The maximum absolute atomic E-state index is 12.6. The van der Waals surface area contributed by atoms with Gasteiger partial charge in [-0.05, 0) is 96.6 Å². The van der Waals surface area contributed by atoms with E-state index < -0.39 is 0 Å². The smallest absolute Gasteiger partial charge is 0.330 e. The standard InChI is InChI=1S/C53H101NO5/c1-5-9-13-15-17-19-23-31-40-50(38-29-11-7-3)48-52(56)58-46-35-27-21-25-33-42-54(44-37-45-55)43-34-26-22-28-36-47-59-53(57)49-51(39-30-12-8-4)41-32-24-20-18-16-14-10-6-2/h48-49,55H,5-47H2,1-4H3/b50-48+,51-49+. The molecule has 0 unspecified atom stereocenters. The van der Waals surface area contributed by atoms with Gasteiger partial charge in [0.05, 0.1) is 13.2 Å². The van der Waals surface area contributed by atoms with Crippen LogP contribution in [-0.4, -0.2) is 61.4 Å². The van der Waals surface area contributed by atoms with Gasteiger partial charge in [-0.15, -0.1) is 0 Å². The molecule has 6 nitrogen and oxygen atoms in total. The Morgan fingerprint density at radius 1 is 0.373 bits per heavy atom. The number of carbonyl (C=O) groups is 2. The van der Waals surface area contributed by atoms with E-state index in [0.29, 0.717) is 13.2 Å². The number of hydrogen-bond donors (Lipinski definition) is 1. The molecule has 0 aliphatic heterocycles. The second kappa shape index (κ2) is 47.4. The van der Waals surface area contributed by atoms with Crippen LogP contribution < -0.4 is 0 Å². The number of unbranched alkanes of at least 4 members (excludes halogenated alkanes) is 26. The summed E-state index contributed by atoms with van der Waals surface area (Å²) in [5, 5.41) is 9.44. The SMILES string of the molecule is CCCCCCCCCC/C(=C/C(=O)OCCCCCCCN(CCCO)CCCCCCCOC(=O)/C=C(\CCCCC)CCCCCCCCCC)CCCCC. The minimum absolute atomic E-state index is 0.141. The summed E-state index contributed by atoms with van der Waals surface area (Å²) in [5.41, 5.74) is 2.58. The number of allylic oxidation sites excluding steroid dienone is 2. The Kier molecular flexibility index (Phi) is 46.1.